The Morgan fingerprint density at radius 3 is 2.54 bits per heavy atom. The van der Waals surface area contributed by atoms with Crippen LogP contribution in [-0.2, 0) is 33.4 Å². The van der Waals surface area contributed by atoms with Gasteiger partial charge in [0.2, 0.25) is 0 Å². The number of esters is 1. The van der Waals surface area contributed by atoms with E-state index in [9.17, 15) is 39.6 Å². The maximum Gasteiger partial charge on any atom is 0.303 e. The highest BCUT2D eigenvalue weighted by molar-refractivity contribution is 6.02. The van der Waals surface area contributed by atoms with Gasteiger partial charge in [-0.2, -0.15) is 0 Å². The monoisotopic (exact) mass is 548 g/mol. The molecule has 0 aromatic heterocycles. The average molecular weight is 549 g/mol. The van der Waals surface area contributed by atoms with E-state index in [1.54, 1.807) is 13.0 Å². The number of hydrogen-bond acceptors (Lipinski definition) is 11. The average Bonchev–Trinajstić information content (AvgIpc) is 3.14. The van der Waals surface area contributed by atoms with E-state index in [2.05, 4.69) is 0 Å². The lowest BCUT2D eigenvalue weighted by Crippen LogP contribution is -2.62. The third-order valence-electron chi connectivity index (χ3n) is 10.1. The van der Waals surface area contributed by atoms with E-state index in [0.29, 0.717) is 19.3 Å². The Labute approximate surface area is 225 Å². The number of hydrogen-bond donors (Lipinski definition) is 4. The molecule has 0 radical (unpaired) electrons. The summed E-state index contributed by atoms with van der Waals surface area (Å²) in [6, 6.07) is 0. The van der Waals surface area contributed by atoms with Crippen molar-refractivity contribution in [2.24, 2.45) is 28.6 Å². The first-order valence-electron chi connectivity index (χ1n) is 13.4. The minimum Gasteiger partial charge on any atom is -0.457 e. The molecule has 0 aromatic rings. The van der Waals surface area contributed by atoms with Gasteiger partial charge in [0.1, 0.15) is 30.2 Å². The van der Waals surface area contributed by atoms with Crippen molar-refractivity contribution >= 4 is 23.3 Å². The number of fused-ring (bicyclic) bond motifs is 5. The molecule has 39 heavy (non-hydrogen) atoms. The molecule has 214 valence electrons. The highest BCUT2D eigenvalue weighted by Crippen LogP contribution is 2.66. The number of carbonyl (C=O) groups is 4. The summed E-state index contributed by atoms with van der Waals surface area (Å²) in [5.74, 6) is -2.15. The zero-order valence-corrected chi connectivity index (χ0v) is 22.2. The molecule has 5 rings (SSSR count). The SMILES string of the molecule is CC(=O)O[C@H]1[C@H](O)[C@@H](OCC(=O)[C@@]2(O)CC[C@H]3[C@@H]4CCC5=CC(=O)C=C[C@]5(C)[C@H]4C(=O)C[C@@]32C)O[C@H](O)[C@H]1O. The van der Waals surface area contributed by atoms with Crippen molar-refractivity contribution in [2.45, 2.75) is 89.4 Å². The van der Waals surface area contributed by atoms with Crippen LogP contribution >= 0.6 is 0 Å². The lowest BCUT2D eigenvalue weighted by Gasteiger charge is -2.56. The van der Waals surface area contributed by atoms with E-state index >= 15 is 0 Å². The Morgan fingerprint density at radius 2 is 1.85 bits per heavy atom. The summed E-state index contributed by atoms with van der Waals surface area (Å²) in [5.41, 5.74) is -2.53. The van der Waals surface area contributed by atoms with Gasteiger partial charge in [0.25, 0.3) is 0 Å². The fourth-order valence-corrected chi connectivity index (χ4v) is 8.06. The molecule has 11 atom stereocenters. The van der Waals surface area contributed by atoms with E-state index < -0.39 is 65.7 Å². The van der Waals surface area contributed by atoms with Gasteiger partial charge in [-0.1, -0.05) is 25.5 Å². The minimum absolute atomic E-state index is 0.00623. The van der Waals surface area contributed by atoms with E-state index in [4.69, 9.17) is 14.2 Å². The van der Waals surface area contributed by atoms with Crippen LogP contribution in [0.5, 0.6) is 0 Å². The minimum atomic E-state index is -1.87. The Bertz CT molecular complexity index is 1140. The van der Waals surface area contributed by atoms with Gasteiger partial charge in [-0.25, -0.2) is 0 Å². The van der Waals surface area contributed by atoms with Crippen molar-refractivity contribution in [3.05, 3.63) is 23.8 Å². The molecular weight excluding hydrogens is 512 g/mol. The predicted octanol–water partition coefficient (Wildman–Crippen LogP) is 0.118. The highest BCUT2D eigenvalue weighted by atomic mass is 16.7. The molecule has 0 bridgehead atoms. The molecule has 0 amide bonds. The van der Waals surface area contributed by atoms with Crippen LogP contribution in [0.4, 0.5) is 0 Å². The van der Waals surface area contributed by atoms with Crippen molar-refractivity contribution in [1.82, 2.24) is 0 Å². The van der Waals surface area contributed by atoms with Crippen LogP contribution in [0.25, 0.3) is 0 Å². The highest BCUT2D eigenvalue weighted by Gasteiger charge is 2.68. The first kappa shape index (κ1) is 28.3. The van der Waals surface area contributed by atoms with Crippen molar-refractivity contribution in [3.8, 4) is 0 Å². The topological polar surface area (TPSA) is 177 Å². The largest absolute Gasteiger partial charge is 0.457 e. The number of ether oxygens (including phenoxy) is 3. The van der Waals surface area contributed by atoms with Gasteiger partial charge < -0.3 is 34.6 Å². The van der Waals surface area contributed by atoms with Crippen LogP contribution in [-0.4, -0.2) is 86.8 Å². The molecule has 0 unspecified atom stereocenters. The number of aliphatic hydroxyl groups is 4. The number of carbonyl (C=O) groups excluding carboxylic acids is 4. The summed E-state index contributed by atoms with van der Waals surface area (Å²) < 4.78 is 15.4. The normalized spacial score (nSPS) is 47.1. The molecule has 0 aromatic carbocycles. The standard InChI is InChI=1S/C28H36O11/c1-13(29)38-23-21(33)24(35)39-25(22(23)34)37-12-19(32)28(36)9-7-17-16-5-4-14-10-15(30)6-8-26(14,2)20(16)18(31)11-27(17,28)3/h6,8,10,16-17,20-25,33-36H,4-5,7,9,11-12H2,1-3H3/t16-,17-,20+,21-,22-,23+,24-,25-,26-,27-,28-/m0/s1. The van der Waals surface area contributed by atoms with Crippen LogP contribution in [0.2, 0.25) is 0 Å². The first-order chi connectivity index (χ1) is 18.2. The van der Waals surface area contributed by atoms with E-state index in [1.165, 1.54) is 6.08 Å². The molecule has 11 heteroatoms. The van der Waals surface area contributed by atoms with Gasteiger partial charge in [0.15, 0.2) is 30.3 Å². The predicted molar refractivity (Wildman–Crippen MR) is 131 cm³/mol. The fraction of sp³-hybridized carbons (Fsp3) is 0.714. The lowest BCUT2D eigenvalue weighted by molar-refractivity contribution is -0.339. The van der Waals surface area contributed by atoms with Gasteiger partial charge in [0.05, 0.1) is 0 Å². The van der Waals surface area contributed by atoms with E-state index in [-0.39, 0.29) is 42.2 Å². The Morgan fingerprint density at radius 1 is 1.13 bits per heavy atom. The van der Waals surface area contributed by atoms with Crippen molar-refractivity contribution in [1.29, 1.82) is 0 Å². The molecule has 11 nitrogen and oxygen atoms in total. The number of Topliss-reactive ketones (excluding diaryl/α,β-unsaturated/α-hetero) is 2. The molecule has 3 saturated carbocycles. The van der Waals surface area contributed by atoms with Crippen LogP contribution in [0.15, 0.2) is 23.8 Å². The van der Waals surface area contributed by atoms with Gasteiger partial charge in [0, 0.05) is 30.1 Å². The number of aliphatic hydroxyl groups excluding tert-OH is 3. The van der Waals surface area contributed by atoms with Crippen molar-refractivity contribution in [3.63, 3.8) is 0 Å². The fourth-order valence-electron chi connectivity index (χ4n) is 8.06. The summed E-state index contributed by atoms with van der Waals surface area (Å²) in [7, 11) is 0. The lowest BCUT2D eigenvalue weighted by atomic mass is 9.46. The maximum absolute atomic E-state index is 13.7. The van der Waals surface area contributed by atoms with Gasteiger partial charge in [-0.05, 0) is 49.7 Å². The first-order valence-corrected chi connectivity index (χ1v) is 13.4. The molecule has 0 spiro atoms. The molecular formula is C28H36O11. The van der Waals surface area contributed by atoms with Gasteiger partial charge in [-0.15, -0.1) is 0 Å². The van der Waals surface area contributed by atoms with Gasteiger partial charge >= 0.3 is 5.97 Å². The van der Waals surface area contributed by atoms with Crippen molar-refractivity contribution < 1.29 is 53.8 Å². The molecule has 1 saturated heterocycles. The molecule has 4 aliphatic carbocycles. The molecule has 1 heterocycles. The van der Waals surface area contributed by atoms with Gasteiger partial charge in [-0.3, -0.25) is 19.2 Å². The third kappa shape index (κ3) is 4.25. The smallest absolute Gasteiger partial charge is 0.303 e. The summed E-state index contributed by atoms with van der Waals surface area (Å²) in [6.07, 6.45) is -1.47. The second-order valence-corrected chi connectivity index (χ2v) is 12.1. The molecule has 4 fully saturated rings. The Kier molecular flexibility index (Phi) is 7.01. The molecule has 5 aliphatic rings. The zero-order valence-electron chi connectivity index (χ0n) is 22.2. The molecule has 4 N–H and O–H groups in total. The summed E-state index contributed by atoms with van der Waals surface area (Å²) >= 11 is 0. The van der Waals surface area contributed by atoms with Crippen LogP contribution in [0.3, 0.4) is 0 Å². The summed E-state index contributed by atoms with van der Waals surface area (Å²) in [5, 5.41) is 42.3. The Balaban J connectivity index is 1.33. The van der Waals surface area contributed by atoms with Crippen LogP contribution in [0.1, 0.15) is 52.9 Å². The van der Waals surface area contributed by atoms with Crippen molar-refractivity contribution in [2.75, 3.05) is 6.61 Å². The number of ketones is 3. The summed E-state index contributed by atoms with van der Waals surface area (Å²) in [6.45, 7) is 4.13. The zero-order chi connectivity index (χ0) is 28.5. The second-order valence-electron chi connectivity index (χ2n) is 12.1. The van der Waals surface area contributed by atoms with E-state index in [1.807, 2.05) is 13.0 Å². The number of allylic oxidation sites excluding steroid dienone is 4. The van der Waals surface area contributed by atoms with Crippen LogP contribution in [0, 0.1) is 28.6 Å². The molecule has 1 aliphatic heterocycles. The third-order valence-corrected chi connectivity index (χ3v) is 10.1. The second kappa shape index (κ2) is 9.67. The number of rotatable bonds is 5. The van der Waals surface area contributed by atoms with E-state index in [0.717, 1.165) is 12.5 Å². The maximum atomic E-state index is 13.7. The van der Waals surface area contributed by atoms with Crippen LogP contribution < -0.4 is 0 Å². The quantitative estimate of drug-likeness (QED) is 0.343. The Hall–Kier alpha value is -2.28. The summed E-state index contributed by atoms with van der Waals surface area (Å²) in [4.78, 5) is 50.6.